The summed E-state index contributed by atoms with van der Waals surface area (Å²) in [6, 6.07) is 0. The van der Waals surface area contributed by atoms with Crippen LogP contribution >= 0.6 is 7.37 Å². The maximum atomic E-state index is 11.8. The molecule has 0 aliphatic carbocycles. The van der Waals surface area contributed by atoms with Gasteiger partial charge in [-0.3, -0.25) is 4.57 Å². The molecular weight excluding hydrogens is 189 g/mol. The quantitative estimate of drug-likeness (QED) is 0.651. The van der Waals surface area contributed by atoms with Crippen LogP contribution in [0.5, 0.6) is 0 Å². The molecule has 1 saturated heterocycles. The second-order valence-corrected chi connectivity index (χ2v) is 6.06. The average molecular weight is 208 g/mol. The van der Waals surface area contributed by atoms with E-state index in [1.165, 1.54) is 4.90 Å². The van der Waals surface area contributed by atoms with Gasteiger partial charge in [-0.2, -0.15) is 0 Å². The van der Waals surface area contributed by atoms with Crippen LogP contribution in [0.4, 0.5) is 0 Å². The third-order valence-electron chi connectivity index (χ3n) is 2.11. The van der Waals surface area contributed by atoms with Crippen molar-refractivity contribution in [3.8, 4) is 0 Å². The van der Waals surface area contributed by atoms with Gasteiger partial charge in [-0.25, -0.2) is 0 Å². The molecule has 1 aliphatic rings. The van der Waals surface area contributed by atoms with E-state index in [2.05, 4.69) is 0 Å². The fourth-order valence-electron chi connectivity index (χ4n) is 1.54. The topological polar surface area (TPSA) is 40.0 Å². The van der Waals surface area contributed by atoms with Gasteiger partial charge in [0.2, 0.25) is 0 Å². The molecular formula is C8H19NO3P+. The molecule has 0 aromatic rings. The normalized spacial score (nSPS) is 24.2. The van der Waals surface area contributed by atoms with Gasteiger partial charge >= 0.3 is 0 Å². The lowest BCUT2D eigenvalue weighted by Gasteiger charge is -2.25. The van der Waals surface area contributed by atoms with Gasteiger partial charge in [-0.05, 0) is 6.92 Å². The Bertz CT molecular complexity index is 192. The molecule has 0 saturated carbocycles. The van der Waals surface area contributed by atoms with Crippen LogP contribution in [0.25, 0.3) is 0 Å². The molecule has 0 bridgehead atoms. The summed E-state index contributed by atoms with van der Waals surface area (Å²) in [5.41, 5.74) is 0. The summed E-state index contributed by atoms with van der Waals surface area (Å²) < 4.78 is 22.2. The second-order valence-electron chi connectivity index (χ2n) is 3.45. The molecule has 0 spiro atoms. The highest BCUT2D eigenvalue weighted by atomic mass is 31.2. The van der Waals surface area contributed by atoms with Crippen LogP contribution in [0.2, 0.25) is 0 Å². The first-order valence-corrected chi connectivity index (χ1v) is 7.02. The maximum absolute atomic E-state index is 11.8. The van der Waals surface area contributed by atoms with E-state index in [1.54, 1.807) is 6.66 Å². The first-order chi connectivity index (χ1) is 6.14. The van der Waals surface area contributed by atoms with Crippen LogP contribution in [-0.2, 0) is 13.8 Å². The molecule has 1 heterocycles. The highest BCUT2D eigenvalue weighted by Gasteiger charge is 2.24. The Hall–Kier alpha value is 0.110. The Kier molecular flexibility index (Phi) is 4.39. The molecule has 4 nitrogen and oxygen atoms in total. The summed E-state index contributed by atoms with van der Waals surface area (Å²) in [4.78, 5) is 1.34. The van der Waals surface area contributed by atoms with Gasteiger partial charge in [0.15, 0.2) is 6.29 Å². The molecule has 78 valence electrons. The van der Waals surface area contributed by atoms with Crippen molar-refractivity contribution in [1.82, 2.24) is 0 Å². The Morgan fingerprint density at radius 1 is 1.46 bits per heavy atom. The number of morpholine rings is 1. The lowest BCUT2D eigenvalue weighted by atomic mass is 10.5. The number of quaternary nitrogens is 1. The van der Waals surface area contributed by atoms with E-state index >= 15 is 0 Å². The predicted molar refractivity (Wildman–Crippen MR) is 51.5 cm³/mol. The molecule has 5 heteroatoms. The van der Waals surface area contributed by atoms with Crippen molar-refractivity contribution < 1.29 is 18.7 Å². The monoisotopic (exact) mass is 208 g/mol. The van der Waals surface area contributed by atoms with Gasteiger partial charge < -0.3 is 14.2 Å². The number of hydrogen-bond acceptors (Lipinski definition) is 3. The zero-order valence-electron chi connectivity index (χ0n) is 8.41. The van der Waals surface area contributed by atoms with Crippen molar-refractivity contribution >= 4 is 7.37 Å². The summed E-state index contributed by atoms with van der Waals surface area (Å²) in [7, 11) is -2.35. The van der Waals surface area contributed by atoms with Crippen molar-refractivity contribution in [3.63, 3.8) is 0 Å². The van der Waals surface area contributed by atoms with Crippen molar-refractivity contribution in [2.75, 3.05) is 45.9 Å². The predicted octanol–water partition coefficient (Wildman–Crippen LogP) is -0.197. The van der Waals surface area contributed by atoms with Crippen LogP contribution in [0, 0.1) is 0 Å². The first-order valence-electron chi connectivity index (χ1n) is 4.76. The largest absolute Gasteiger partial charge is 0.370 e. The van der Waals surface area contributed by atoms with E-state index in [0.717, 1.165) is 26.3 Å². The molecule has 1 rings (SSSR count). The van der Waals surface area contributed by atoms with Crippen LogP contribution in [0.15, 0.2) is 0 Å². The average Bonchev–Trinajstić information content (AvgIpc) is 2.04. The molecule has 1 fully saturated rings. The molecule has 1 N–H and O–H groups in total. The van der Waals surface area contributed by atoms with E-state index in [1.807, 2.05) is 6.92 Å². The summed E-state index contributed by atoms with van der Waals surface area (Å²) in [6.07, 6.45) is 0.643. The molecule has 0 radical (unpaired) electrons. The Morgan fingerprint density at radius 3 is 2.62 bits per heavy atom. The summed E-state index contributed by atoms with van der Waals surface area (Å²) >= 11 is 0. The highest BCUT2D eigenvalue weighted by Crippen LogP contribution is 2.39. The third-order valence-corrected chi connectivity index (χ3v) is 3.94. The Labute approximate surface area is 79.7 Å². The van der Waals surface area contributed by atoms with Gasteiger partial charge in [0.05, 0.1) is 19.8 Å². The molecule has 1 atom stereocenters. The lowest BCUT2D eigenvalue weighted by molar-refractivity contribution is -0.897. The van der Waals surface area contributed by atoms with Crippen molar-refractivity contribution in [3.05, 3.63) is 0 Å². The number of ether oxygens (including phenoxy) is 1. The minimum Gasteiger partial charge on any atom is -0.370 e. The van der Waals surface area contributed by atoms with Crippen molar-refractivity contribution in [2.24, 2.45) is 0 Å². The zero-order chi connectivity index (χ0) is 9.73. The van der Waals surface area contributed by atoms with Gasteiger partial charge in [0.1, 0.15) is 13.1 Å². The summed E-state index contributed by atoms with van der Waals surface area (Å²) in [5.74, 6) is 0. The van der Waals surface area contributed by atoms with Crippen molar-refractivity contribution in [1.29, 1.82) is 0 Å². The third kappa shape index (κ3) is 4.23. The number of nitrogens with one attached hydrogen (secondary N) is 1. The second kappa shape index (κ2) is 5.11. The molecule has 0 aromatic carbocycles. The standard InChI is InChI=1S/C8H18NO3P/c1-3-12-13(2,10)8-9-4-6-11-7-5-9/h3-8H2,1-2H3/p+1/t13-/m0/s1. The summed E-state index contributed by atoms with van der Waals surface area (Å²) in [6.45, 7) is 7.60. The highest BCUT2D eigenvalue weighted by molar-refractivity contribution is 7.57. The van der Waals surface area contributed by atoms with Gasteiger partial charge in [0, 0.05) is 6.66 Å². The van der Waals surface area contributed by atoms with Crippen LogP contribution in [0.3, 0.4) is 0 Å². The zero-order valence-corrected chi connectivity index (χ0v) is 9.31. The van der Waals surface area contributed by atoms with Gasteiger partial charge in [-0.1, -0.05) is 0 Å². The summed E-state index contributed by atoms with van der Waals surface area (Å²) in [5, 5.41) is 0. The van der Waals surface area contributed by atoms with Gasteiger partial charge in [-0.15, -0.1) is 0 Å². The lowest BCUT2D eigenvalue weighted by Crippen LogP contribution is -3.13. The molecule has 0 unspecified atom stereocenters. The van der Waals surface area contributed by atoms with Crippen LogP contribution < -0.4 is 4.90 Å². The van der Waals surface area contributed by atoms with Crippen LogP contribution in [-0.4, -0.2) is 45.9 Å². The smallest absolute Gasteiger partial charge is 0.252 e. The number of hydrogen-bond donors (Lipinski definition) is 1. The van der Waals surface area contributed by atoms with Crippen LogP contribution in [0.1, 0.15) is 6.92 Å². The molecule has 0 aromatic heterocycles. The van der Waals surface area contributed by atoms with E-state index in [0.29, 0.717) is 12.9 Å². The maximum Gasteiger partial charge on any atom is 0.252 e. The van der Waals surface area contributed by atoms with Gasteiger partial charge in [0.25, 0.3) is 7.37 Å². The Morgan fingerprint density at radius 2 is 2.08 bits per heavy atom. The minimum atomic E-state index is -2.35. The van der Waals surface area contributed by atoms with E-state index in [-0.39, 0.29) is 0 Å². The number of rotatable bonds is 4. The first kappa shape index (κ1) is 11.2. The SMILES string of the molecule is CCO[P@](C)(=O)C[NH+]1CCOCC1. The van der Waals surface area contributed by atoms with E-state index < -0.39 is 7.37 Å². The molecule has 1 aliphatic heterocycles. The molecule has 0 amide bonds. The molecule has 13 heavy (non-hydrogen) atoms. The fourth-order valence-corrected chi connectivity index (χ4v) is 3.31. The van der Waals surface area contributed by atoms with E-state index in [9.17, 15) is 4.57 Å². The van der Waals surface area contributed by atoms with E-state index in [4.69, 9.17) is 9.26 Å². The minimum absolute atomic E-state index is 0.539. The van der Waals surface area contributed by atoms with Crippen molar-refractivity contribution in [2.45, 2.75) is 6.92 Å². The fraction of sp³-hybridized carbons (Fsp3) is 1.00. The Balaban J connectivity index is 2.32.